The van der Waals surface area contributed by atoms with E-state index >= 15 is 0 Å². The van der Waals surface area contributed by atoms with Gasteiger partial charge in [0.15, 0.2) is 0 Å². The van der Waals surface area contributed by atoms with Gasteiger partial charge in [-0.25, -0.2) is 4.79 Å². The molecule has 2 aromatic carbocycles. The summed E-state index contributed by atoms with van der Waals surface area (Å²) in [6.45, 7) is 4.98. The third kappa shape index (κ3) is 2.79. The second-order valence-electron chi connectivity index (χ2n) is 8.00. The first-order valence-electron chi connectivity index (χ1n) is 9.07. The van der Waals surface area contributed by atoms with Crippen molar-refractivity contribution in [2.75, 3.05) is 13.2 Å². The van der Waals surface area contributed by atoms with Crippen molar-refractivity contribution in [1.29, 1.82) is 0 Å². The molecule has 1 aliphatic carbocycles. The zero-order valence-electron chi connectivity index (χ0n) is 15.1. The molecule has 1 heterocycles. The van der Waals surface area contributed by atoms with E-state index in [4.69, 9.17) is 4.74 Å². The van der Waals surface area contributed by atoms with Gasteiger partial charge in [-0.1, -0.05) is 62.4 Å². The summed E-state index contributed by atoms with van der Waals surface area (Å²) in [6.07, 6.45) is 1.14. The van der Waals surface area contributed by atoms with Crippen LogP contribution in [0.2, 0.25) is 0 Å². The first-order valence-corrected chi connectivity index (χ1v) is 9.07. The van der Waals surface area contributed by atoms with Gasteiger partial charge in [0, 0.05) is 12.5 Å². The van der Waals surface area contributed by atoms with Crippen LogP contribution in [0.3, 0.4) is 0 Å². The fourth-order valence-corrected chi connectivity index (χ4v) is 4.32. The average molecular weight is 349 g/mol. The third-order valence-corrected chi connectivity index (χ3v) is 5.49. The topological polar surface area (TPSA) is 46.6 Å². The minimum atomic E-state index is -0.394. The van der Waals surface area contributed by atoms with Crippen LogP contribution in [0.15, 0.2) is 48.5 Å². The van der Waals surface area contributed by atoms with Crippen LogP contribution >= 0.6 is 0 Å². The number of carbonyl (C=O) groups is 2. The van der Waals surface area contributed by atoms with Crippen LogP contribution in [-0.4, -0.2) is 36.5 Å². The smallest absolute Gasteiger partial charge is 0.410 e. The molecule has 134 valence electrons. The summed E-state index contributed by atoms with van der Waals surface area (Å²) in [5, 5.41) is 0. The Balaban J connectivity index is 1.53. The van der Waals surface area contributed by atoms with E-state index in [9.17, 15) is 9.59 Å². The maximum absolute atomic E-state index is 12.6. The zero-order valence-corrected chi connectivity index (χ0v) is 15.1. The Morgan fingerprint density at radius 3 is 2.27 bits per heavy atom. The molecule has 1 amide bonds. The normalized spacial score (nSPS) is 20.5. The van der Waals surface area contributed by atoms with Gasteiger partial charge in [-0.3, -0.25) is 4.90 Å². The van der Waals surface area contributed by atoms with Gasteiger partial charge in [0.2, 0.25) is 0 Å². The SMILES string of the molecule is CC1(C)C[C@H](C=O)N(C(=O)OCC2c3ccccc3-c3ccccc32)C1. The van der Waals surface area contributed by atoms with Crippen molar-refractivity contribution >= 4 is 12.4 Å². The van der Waals surface area contributed by atoms with Gasteiger partial charge in [-0.15, -0.1) is 0 Å². The summed E-state index contributed by atoms with van der Waals surface area (Å²) in [7, 11) is 0. The van der Waals surface area contributed by atoms with Gasteiger partial charge >= 0.3 is 6.09 Å². The van der Waals surface area contributed by atoms with E-state index in [1.807, 2.05) is 24.3 Å². The molecule has 0 unspecified atom stereocenters. The molecule has 1 saturated heterocycles. The van der Waals surface area contributed by atoms with E-state index in [0.717, 1.165) is 6.29 Å². The number of rotatable bonds is 3. The Morgan fingerprint density at radius 1 is 1.12 bits per heavy atom. The minimum Gasteiger partial charge on any atom is -0.448 e. The van der Waals surface area contributed by atoms with Crippen LogP contribution in [0.25, 0.3) is 11.1 Å². The standard InChI is InChI=1S/C22H23NO3/c1-22(2)11-15(12-24)23(14-22)21(25)26-13-20-18-9-5-3-7-16(18)17-8-4-6-10-19(17)20/h3-10,12,15,20H,11,13-14H2,1-2H3/t15-/m1/s1. The molecule has 4 nitrogen and oxygen atoms in total. The molecule has 4 rings (SSSR count). The molecule has 2 aliphatic rings. The van der Waals surface area contributed by atoms with Crippen molar-refractivity contribution in [3.8, 4) is 11.1 Å². The minimum absolute atomic E-state index is 0.0386. The number of carbonyl (C=O) groups excluding carboxylic acids is 2. The first kappa shape index (κ1) is 16.8. The summed E-state index contributed by atoms with van der Waals surface area (Å²) in [6, 6.07) is 16.1. The van der Waals surface area contributed by atoms with E-state index in [-0.39, 0.29) is 24.0 Å². The molecular weight excluding hydrogens is 326 g/mol. The van der Waals surface area contributed by atoms with Gasteiger partial charge < -0.3 is 9.53 Å². The van der Waals surface area contributed by atoms with E-state index in [1.165, 1.54) is 22.3 Å². The highest BCUT2D eigenvalue weighted by atomic mass is 16.6. The molecule has 2 aromatic rings. The van der Waals surface area contributed by atoms with Crippen LogP contribution in [0.1, 0.15) is 37.3 Å². The summed E-state index contributed by atoms with van der Waals surface area (Å²) < 4.78 is 5.68. The summed E-state index contributed by atoms with van der Waals surface area (Å²) >= 11 is 0. The monoisotopic (exact) mass is 349 g/mol. The molecule has 4 heteroatoms. The Kier molecular flexibility index (Phi) is 4.06. The van der Waals surface area contributed by atoms with E-state index < -0.39 is 6.09 Å². The molecule has 0 radical (unpaired) electrons. The maximum atomic E-state index is 12.6. The number of hydrogen-bond acceptors (Lipinski definition) is 3. The highest BCUT2D eigenvalue weighted by Gasteiger charge is 2.41. The van der Waals surface area contributed by atoms with Gasteiger partial charge in [0.1, 0.15) is 12.9 Å². The number of aldehydes is 1. The van der Waals surface area contributed by atoms with Crippen LogP contribution in [0.5, 0.6) is 0 Å². The first-order chi connectivity index (χ1) is 12.5. The average Bonchev–Trinajstić information content (AvgIpc) is 3.14. The Morgan fingerprint density at radius 2 is 1.69 bits per heavy atom. The lowest BCUT2D eigenvalue weighted by atomic mass is 9.91. The fourth-order valence-electron chi connectivity index (χ4n) is 4.32. The Labute approximate surface area is 153 Å². The largest absolute Gasteiger partial charge is 0.448 e. The highest BCUT2D eigenvalue weighted by Crippen LogP contribution is 2.44. The lowest BCUT2D eigenvalue weighted by Gasteiger charge is -2.22. The van der Waals surface area contributed by atoms with Gasteiger partial charge in [-0.2, -0.15) is 0 Å². The number of benzene rings is 2. The molecule has 0 N–H and O–H groups in total. The fraction of sp³-hybridized carbons (Fsp3) is 0.364. The van der Waals surface area contributed by atoms with Crippen molar-refractivity contribution < 1.29 is 14.3 Å². The van der Waals surface area contributed by atoms with E-state index in [0.29, 0.717) is 13.0 Å². The van der Waals surface area contributed by atoms with Gasteiger partial charge in [0.05, 0.1) is 6.04 Å². The van der Waals surface area contributed by atoms with Gasteiger partial charge in [0.25, 0.3) is 0 Å². The quantitative estimate of drug-likeness (QED) is 0.779. The second-order valence-corrected chi connectivity index (χ2v) is 8.00. The number of nitrogens with zero attached hydrogens (tertiary/aromatic N) is 1. The molecule has 0 spiro atoms. The molecule has 1 fully saturated rings. The van der Waals surface area contributed by atoms with Crippen molar-refractivity contribution in [3.05, 3.63) is 59.7 Å². The molecule has 26 heavy (non-hydrogen) atoms. The molecule has 0 aromatic heterocycles. The molecule has 0 saturated carbocycles. The van der Waals surface area contributed by atoms with Gasteiger partial charge in [-0.05, 0) is 34.1 Å². The molecule has 0 bridgehead atoms. The molecular formula is C22H23NO3. The number of hydrogen-bond donors (Lipinski definition) is 0. The predicted octanol–water partition coefficient (Wildman–Crippen LogP) is 4.23. The van der Waals surface area contributed by atoms with Crippen molar-refractivity contribution in [2.45, 2.75) is 32.2 Å². The second kappa shape index (κ2) is 6.27. The van der Waals surface area contributed by atoms with Crippen LogP contribution < -0.4 is 0 Å². The third-order valence-electron chi connectivity index (χ3n) is 5.49. The number of fused-ring (bicyclic) bond motifs is 3. The van der Waals surface area contributed by atoms with E-state index in [2.05, 4.69) is 38.1 Å². The van der Waals surface area contributed by atoms with Crippen molar-refractivity contribution in [1.82, 2.24) is 4.90 Å². The van der Waals surface area contributed by atoms with Crippen molar-refractivity contribution in [3.63, 3.8) is 0 Å². The lowest BCUT2D eigenvalue weighted by molar-refractivity contribution is -0.111. The summed E-state index contributed by atoms with van der Waals surface area (Å²) in [5.41, 5.74) is 4.73. The van der Waals surface area contributed by atoms with Crippen molar-refractivity contribution in [2.24, 2.45) is 5.41 Å². The summed E-state index contributed by atoms with van der Waals surface area (Å²) in [4.78, 5) is 25.5. The molecule has 1 atom stereocenters. The number of ether oxygens (including phenoxy) is 1. The summed E-state index contributed by atoms with van der Waals surface area (Å²) in [5.74, 6) is 0.0386. The van der Waals surface area contributed by atoms with E-state index in [1.54, 1.807) is 4.90 Å². The molecule has 1 aliphatic heterocycles. The number of amides is 1. The highest BCUT2D eigenvalue weighted by molar-refractivity contribution is 5.79. The van der Waals surface area contributed by atoms with Crippen LogP contribution in [-0.2, 0) is 9.53 Å². The van der Waals surface area contributed by atoms with Crippen LogP contribution in [0, 0.1) is 5.41 Å². The van der Waals surface area contributed by atoms with Crippen LogP contribution in [0.4, 0.5) is 4.79 Å². The maximum Gasteiger partial charge on any atom is 0.410 e. The zero-order chi connectivity index (χ0) is 18.3. The predicted molar refractivity (Wildman–Crippen MR) is 100 cm³/mol. The Hall–Kier alpha value is -2.62. The lowest BCUT2D eigenvalue weighted by Crippen LogP contribution is -2.38. The Bertz CT molecular complexity index is 812. The number of likely N-dealkylation sites (tertiary alicyclic amines) is 1.